The summed E-state index contributed by atoms with van der Waals surface area (Å²) in [5, 5.41) is 10.1. The van der Waals surface area contributed by atoms with E-state index in [4.69, 9.17) is 23.8 Å². The highest BCUT2D eigenvalue weighted by Gasteiger charge is 2.28. The number of aromatic hydroxyl groups is 1. The Kier molecular flexibility index (Phi) is 3.42. The fourth-order valence-corrected chi connectivity index (χ4v) is 2.68. The van der Waals surface area contributed by atoms with Gasteiger partial charge in [-0.3, -0.25) is 9.69 Å². The lowest BCUT2D eigenvalue weighted by Gasteiger charge is -2.04. The van der Waals surface area contributed by atoms with Crippen molar-refractivity contribution in [2.45, 2.75) is 0 Å². The molecule has 1 fully saturated rings. The van der Waals surface area contributed by atoms with Gasteiger partial charge in [-0.05, 0) is 24.3 Å². The zero-order chi connectivity index (χ0) is 12.6. The van der Waals surface area contributed by atoms with Gasteiger partial charge >= 0.3 is 0 Å². The first-order valence-corrected chi connectivity index (χ1v) is 6.29. The Balaban J connectivity index is 2.40. The van der Waals surface area contributed by atoms with E-state index in [0.29, 0.717) is 19.8 Å². The summed E-state index contributed by atoms with van der Waals surface area (Å²) in [5.74, 6) is -0.0878. The van der Waals surface area contributed by atoms with Crippen molar-refractivity contribution in [1.82, 2.24) is 4.90 Å². The summed E-state index contributed by atoms with van der Waals surface area (Å²) in [7, 11) is 1.62. The molecular formula is C11H8ClNO2S2. The lowest BCUT2D eigenvalue weighted by atomic mass is 10.2. The quantitative estimate of drug-likeness (QED) is 0.636. The molecule has 0 bridgehead atoms. The topological polar surface area (TPSA) is 40.5 Å². The van der Waals surface area contributed by atoms with Crippen molar-refractivity contribution in [1.29, 1.82) is 0 Å². The number of phenols is 1. The van der Waals surface area contributed by atoms with Crippen LogP contribution < -0.4 is 0 Å². The molecule has 1 amide bonds. The molecule has 1 aliphatic heterocycles. The van der Waals surface area contributed by atoms with Crippen molar-refractivity contribution in [3.05, 3.63) is 33.7 Å². The van der Waals surface area contributed by atoms with E-state index in [1.807, 2.05) is 0 Å². The minimum atomic E-state index is -0.167. The number of carbonyl (C=O) groups excluding carboxylic acids is 1. The van der Waals surface area contributed by atoms with Crippen molar-refractivity contribution in [3.63, 3.8) is 0 Å². The highest BCUT2D eigenvalue weighted by Crippen LogP contribution is 2.33. The van der Waals surface area contributed by atoms with Crippen molar-refractivity contribution < 1.29 is 9.90 Å². The van der Waals surface area contributed by atoms with Crippen LogP contribution in [0.4, 0.5) is 0 Å². The van der Waals surface area contributed by atoms with Gasteiger partial charge in [-0.1, -0.05) is 35.6 Å². The van der Waals surface area contributed by atoms with E-state index in [9.17, 15) is 9.90 Å². The van der Waals surface area contributed by atoms with Gasteiger partial charge in [-0.25, -0.2) is 0 Å². The number of thiocarbonyl (C=S) groups is 1. The lowest BCUT2D eigenvalue weighted by molar-refractivity contribution is -0.121. The maximum Gasteiger partial charge on any atom is 0.265 e. The number of hydrogen-bond donors (Lipinski definition) is 1. The molecule has 17 heavy (non-hydrogen) atoms. The predicted molar refractivity (Wildman–Crippen MR) is 74.1 cm³/mol. The van der Waals surface area contributed by atoms with Gasteiger partial charge in [0.25, 0.3) is 5.91 Å². The van der Waals surface area contributed by atoms with Gasteiger partial charge in [0.05, 0.1) is 4.91 Å². The summed E-state index contributed by atoms with van der Waals surface area (Å²) in [5.41, 5.74) is 0.506. The van der Waals surface area contributed by atoms with Gasteiger partial charge in [0.15, 0.2) is 0 Å². The molecule has 0 atom stereocenters. The van der Waals surface area contributed by atoms with Crippen LogP contribution in [0.3, 0.4) is 0 Å². The number of carbonyl (C=O) groups is 1. The summed E-state index contributed by atoms with van der Waals surface area (Å²) in [6.45, 7) is 0. The number of amides is 1. The molecule has 1 saturated heterocycles. The summed E-state index contributed by atoms with van der Waals surface area (Å²) in [4.78, 5) is 13.6. The van der Waals surface area contributed by atoms with E-state index in [1.54, 1.807) is 25.3 Å². The zero-order valence-corrected chi connectivity index (χ0v) is 11.2. The average molecular weight is 286 g/mol. The van der Waals surface area contributed by atoms with Crippen molar-refractivity contribution in [3.8, 4) is 5.75 Å². The molecule has 3 nitrogen and oxygen atoms in total. The van der Waals surface area contributed by atoms with Crippen LogP contribution in [-0.4, -0.2) is 27.3 Å². The number of phenolic OH excluding ortho intramolecular Hbond substituents is 1. The second kappa shape index (κ2) is 4.68. The number of hydrogen-bond acceptors (Lipinski definition) is 4. The largest absolute Gasteiger partial charge is 0.507 e. The van der Waals surface area contributed by atoms with Crippen LogP contribution in [0.2, 0.25) is 5.02 Å². The number of nitrogens with zero attached hydrogens (tertiary/aromatic N) is 1. The fraction of sp³-hybridized carbons (Fsp3) is 0.0909. The molecule has 0 unspecified atom stereocenters. The van der Waals surface area contributed by atoms with Crippen LogP contribution in [0, 0.1) is 0 Å². The number of likely N-dealkylation sites (N-methyl/N-ethyl adjacent to an activating group) is 1. The van der Waals surface area contributed by atoms with Crippen molar-refractivity contribution in [2.24, 2.45) is 0 Å². The lowest BCUT2D eigenvalue weighted by Crippen LogP contribution is -2.22. The van der Waals surface area contributed by atoms with E-state index in [-0.39, 0.29) is 11.7 Å². The first kappa shape index (κ1) is 12.4. The minimum absolute atomic E-state index is 0.0794. The van der Waals surface area contributed by atoms with Gasteiger partial charge in [0.2, 0.25) is 0 Å². The molecule has 1 aliphatic rings. The molecule has 88 valence electrons. The molecule has 6 heteroatoms. The Morgan fingerprint density at radius 3 is 2.82 bits per heavy atom. The zero-order valence-electron chi connectivity index (χ0n) is 8.81. The molecule has 0 aliphatic carbocycles. The molecule has 0 spiro atoms. The molecule has 0 aromatic heterocycles. The Hall–Kier alpha value is -1.04. The van der Waals surface area contributed by atoms with E-state index in [0.717, 1.165) is 0 Å². The maximum absolute atomic E-state index is 11.8. The third kappa shape index (κ3) is 2.46. The first-order valence-electron chi connectivity index (χ1n) is 4.69. The van der Waals surface area contributed by atoms with Crippen LogP contribution in [0.15, 0.2) is 23.1 Å². The molecule has 1 aromatic carbocycles. The highest BCUT2D eigenvalue weighted by atomic mass is 35.5. The molecule has 1 aromatic rings. The molecule has 1 heterocycles. The number of rotatable bonds is 1. The predicted octanol–water partition coefficient (Wildman–Crippen LogP) is 2.88. The fourth-order valence-electron chi connectivity index (χ4n) is 1.33. The third-order valence-electron chi connectivity index (χ3n) is 2.26. The van der Waals surface area contributed by atoms with Crippen LogP contribution in [0.25, 0.3) is 6.08 Å². The van der Waals surface area contributed by atoms with Crippen LogP contribution in [0.5, 0.6) is 5.75 Å². The molecular weight excluding hydrogens is 278 g/mol. The Morgan fingerprint density at radius 2 is 2.24 bits per heavy atom. The Labute approximate surface area is 113 Å². The SMILES string of the molecule is CN1C(=O)/C(=C\c2cc(Cl)ccc2O)SC1=S. The van der Waals surface area contributed by atoms with Crippen molar-refractivity contribution in [2.75, 3.05) is 7.05 Å². The first-order chi connectivity index (χ1) is 7.99. The van der Waals surface area contributed by atoms with E-state index in [1.165, 1.54) is 22.7 Å². The molecule has 2 rings (SSSR count). The van der Waals surface area contributed by atoms with E-state index in [2.05, 4.69) is 0 Å². The standard InChI is InChI=1S/C11H8ClNO2S2/c1-13-10(15)9(17-11(13)16)5-6-4-7(12)2-3-8(6)14/h2-5,14H,1H3/b9-5+. The summed E-state index contributed by atoms with van der Waals surface area (Å²) in [6, 6.07) is 4.67. The third-order valence-corrected chi connectivity index (χ3v) is 3.98. The van der Waals surface area contributed by atoms with Gasteiger partial charge in [0.1, 0.15) is 10.1 Å². The molecule has 1 N–H and O–H groups in total. The van der Waals surface area contributed by atoms with E-state index >= 15 is 0 Å². The van der Waals surface area contributed by atoms with Gasteiger partial charge in [-0.15, -0.1) is 0 Å². The monoisotopic (exact) mass is 285 g/mol. The van der Waals surface area contributed by atoms with E-state index < -0.39 is 0 Å². The second-order valence-electron chi connectivity index (χ2n) is 3.44. The summed E-state index contributed by atoms with van der Waals surface area (Å²) >= 11 is 12.0. The maximum atomic E-state index is 11.8. The minimum Gasteiger partial charge on any atom is -0.507 e. The van der Waals surface area contributed by atoms with Crippen LogP contribution >= 0.6 is 35.6 Å². The molecule has 0 saturated carbocycles. The van der Waals surface area contributed by atoms with Gasteiger partial charge in [-0.2, -0.15) is 0 Å². The average Bonchev–Trinajstić information content (AvgIpc) is 2.52. The van der Waals surface area contributed by atoms with Crippen LogP contribution in [0.1, 0.15) is 5.56 Å². The number of thioether (sulfide) groups is 1. The van der Waals surface area contributed by atoms with Gasteiger partial charge in [0, 0.05) is 17.6 Å². The second-order valence-corrected chi connectivity index (χ2v) is 5.56. The van der Waals surface area contributed by atoms with Gasteiger partial charge < -0.3 is 5.11 Å². The van der Waals surface area contributed by atoms with Crippen molar-refractivity contribution >= 4 is 51.9 Å². The summed E-state index contributed by atoms with van der Waals surface area (Å²) < 4.78 is 0.503. The Bertz CT molecular complexity index is 542. The normalized spacial score (nSPS) is 18.2. The number of benzene rings is 1. The smallest absolute Gasteiger partial charge is 0.265 e. The van der Waals surface area contributed by atoms with Crippen LogP contribution in [-0.2, 0) is 4.79 Å². The highest BCUT2D eigenvalue weighted by molar-refractivity contribution is 8.26. The summed E-state index contributed by atoms with van der Waals surface area (Å²) in [6.07, 6.45) is 1.59. The Morgan fingerprint density at radius 1 is 1.53 bits per heavy atom. The number of halogens is 1. The molecule has 0 radical (unpaired) electrons.